The summed E-state index contributed by atoms with van der Waals surface area (Å²) in [6.07, 6.45) is 0.819. The lowest BCUT2D eigenvalue weighted by atomic mass is 10.3. The SMILES string of the molecule is COc1ccccc1-n1nnnc1SC[C@@H]1CC1(Cl)Cl. The van der Waals surface area contributed by atoms with Crippen molar-refractivity contribution in [3.63, 3.8) is 0 Å². The first kappa shape index (κ1) is 14.0. The number of para-hydroxylation sites is 2. The van der Waals surface area contributed by atoms with Crippen molar-refractivity contribution < 1.29 is 4.74 Å². The van der Waals surface area contributed by atoms with E-state index in [1.165, 1.54) is 0 Å². The van der Waals surface area contributed by atoms with Crippen molar-refractivity contribution in [2.24, 2.45) is 5.92 Å². The number of aromatic nitrogens is 4. The molecule has 1 aliphatic carbocycles. The molecule has 0 saturated heterocycles. The van der Waals surface area contributed by atoms with Crippen molar-refractivity contribution in [2.75, 3.05) is 12.9 Å². The van der Waals surface area contributed by atoms with Gasteiger partial charge in [-0.05, 0) is 29.0 Å². The van der Waals surface area contributed by atoms with Crippen LogP contribution in [0.1, 0.15) is 6.42 Å². The Morgan fingerprint density at radius 3 is 2.90 bits per heavy atom. The van der Waals surface area contributed by atoms with Gasteiger partial charge in [0.15, 0.2) is 0 Å². The highest BCUT2D eigenvalue weighted by atomic mass is 35.5. The fourth-order valence-electron chi connectivity index (χ4n) is 1.85. The van der Waals surface area contributed by atoms with E-state index in [0.717, 1.165) is 23.6 Å². The van der Waals surface area contributed by atoms with Crippen molar-refractivity contribution in [3.05, 3.63) is 24.3 Å². The first-order valence-corrected chi connectivity index (χ1v) is 7.78. The molecule has 20 heavy (non-hydrogen) atoms. The third-order valence-corrected chi connectivity index (χ3v) is 5.13. The summed E-state index contributed by atoms with van der Waals surface area (Å²) in [5, 5.41) is 12.5. The molecule has 2 aromatic rings. The number of ether oxygens (including phenoxy) is 1. The fraction of sp³-hybridized carbons (Fsp3) is 0.417. The summed E-state index contributed by atoms with van der Waals surface area (Å²) < 4.78 is 6.42. The van der Waals surface area contributed by atoms with Crippen molar-refractivity contribution in [1.29, 1.82) is 0 Å². The Kier molecular flexibility index (Phi) is 3.79. The molecule has 0 bridgehead atoms. The number of rotatable bonds is 5. The molecule has 1 aliphatic rings. The van der Waals surface area contributed by atoms with Gasteiger partial charge in [-0.1, -0.05) is 23.9 Å². The number of tetrazole rings is 1. The minimum Gasteiger partial charge on any atom is -0.494 e. The number of nitrogens with zero attached hydrogens (tertiary/aromatic N) is 4. The highest BCUT2D eigenvalue weighted by Crippen LogP contribution is 2.54. The Morgan fingerprint density at radius 2 is 2.20 bits per heavy atom. The summed E-state index contributed by atoms with van der Waals surface area (Å²) in [5.74, 6) is 1.80. The number of halogens is 2. The molecule has 0 N–H and O–H groups in total. The number of hydrogen-bond acceptors (Lipinski definition) is 5. The molecule has 3 rings (SSSR count). The number of thioether (sulfide) groups is 1. The second-order valence-corrected chi connectivity index (χ2v) is 7.05. The summed E-state index contributed by atoms with van der Waals surface area (Å²) >= 11 is 13.6. The smallest absolute Gasteiger partial charge is 0.214 e. The Morgan fingerprint density at radius 1 is 1.45 bits per heavy atom. The average molecular weight is 331 g/mol. The Labute approximate surface area is 130 Å². The Bertz CT molecular complexity index is 619. The third-order valence-electron chi connectivity index (χ3n) is 3.12. The van der Waals surface area contributed by atoms with Gasteiger partial charge in [-0.2, -0.15) is 4.68 Å². The van der Waals surface area contributed by atoms with Crippen LogP contribution in [0, 0.1) is 5.92 Å². The molecule has 0 amide bonds. The van der Waals surface area contributed by atoms with Crippen LogP contribution >= 0.6 is 35.0 Å². The monoisotopic (exact) mass is 330 g/mol. The van der Waals surface area contributed by atoms with Crippen LogP contribution in [0.5, 0.6) is 5.75 Å². The predicted molar refractivity (Wildman–Crippen MR) is 79.0 cm³/mol. The maximum atomic E-state index is 6.03. The topological polar surface area (TPSA) is 52.8 Å². The molecular formula is C12H12Cl2N4OS. The molecule has 0 radical (unpaired) electrons. The molecule has 1 atom stereocenters. The van der Waals surface area contributed by atoms with Gasteiger partial charge < -0.3 is 4.74 Å². The van der Waals surface area contributed by atoms with E-state index in [1.54, 1.807) is 23.6 Å². The number of hydrogen-bond donors (Lipinski definition) is 0. The second kappa shape index (κ2) is 5.42. The van der Waals surface area contributed by atoms with E-state index in [9.17, 15) is 0 Å². The molecule has 0 spiro atoms. The molecular weight excluding hydrogens is 319 g/mol. The van der Waals surface area contributed by atoms with Gasteiger partial charge in [-0.25, -0.2) is 0 Å². The molecule has 1 saturated carbocycles. The highest BCUT2D eigenvalue weighted by Gasteiger charge is 2.51. The number of methoxy groups -OCH3 is 1. The summed E-state index contributed by atoms with van der Waals surface area (Å²) in [4.78, 5) is 0. The number of benzene rings is 1. The lowest BCUT2D eigenvalue weighted by Crippen LogP contribution is -2.03. The summed E-state index contributed by atoms with van der Waals surface area (Å²) in [6, 6.07) is 7.59. The van der Waals surface area contributed by atoms with Gasteiger partial charge in [-0.15, -0.1) is 28.3 Å². The van der Waals surface area contributed by atoms with Crippen molar-refractivity contribution in [1.82, 2.24) is 20.2 Å². The molecule has 1 aromatic heterocycles. The van der Waals surface area contributed by atoms with Crippen LogP contribution < -0.4 is 4.74 Å². The molecule has 0 aliphatic heterocycles. The zero-order chi connectivity index (χ0) is 14.2. The van der Waals surface area contributed by atoms with Gasteiger partial charge in [0.2, 0.25) is 5.16 Å². The lowest BCUT2D eigenvalue weighted by Gasteiger charge is -2.08. The largest absolute Gasteiger partial charge is 0.494 e. The van der Waals surface area contributed by atoms with E-state index < -0.39 is 4.33 Å². The van der Waals surface area contributed by atoms with Crippen LogP contribution in [0.4, 0.5) is 0 Å². The van der Waals surface area contributed by atoms with Crippen LogP contribution in [0.15, 0.2) is 29.4 Å². The van der Waals surface area contributed by atoms with Crippen LogP contribution in [-0.4, -0.2) is 37.4 Å². The zero-order valence-corrected chi connectivity index (χ0v) is 13.0. The van der Waals surface area contributed by atoms with Gasteiger partial charge in [0.25, 0.3) is 0 Å². The first-order valence-electron chi connectivity index (χ1n) is 6.04. The number of alkyl halides is 2. The van der Waals surface area contributed by atoms with E-state index in [1.807, 2.05) is 24.3 Å². The zero-order valence-electron chi connectivity index (χ0n) is 10.7. The van der Waals surface area contributed by atoms with Gasteiger partial charge in [0, 0.05) is 11.7 Å². The maximum Gasteiger partial charge on any atom is 0.214 e. The minimum absolute atomic E-state index is 0.290. The second-order valence-electron chi connectivity index (χ2n) is 4.52. The molecule has 8 heteroatoms. The fourth-order valence-corrected chi connectivity index (χ4v) is 3.66. The standard InChI is InChI=1S/C12H12Cl2N4OS/c1-19-10-5-3-2-4-9(10)18-11(15-16-17-18)20-7-8-6-12(8,13)14/h2-5,8H,6-7H2,1H3/t8-/m0/s1. The van der Waals surface area contributed by atoms with E-state index in [0.29, 0.717) is 11.1 Å². The molecule has 106 valence electrons. The summed E-state index contributed by atoms with van der Waals surface area (Å²) in [5.41, 5.74) is 0.807. The van der Waals surface area contributed by atoms with Crippen molar-refractivity contribution >= 4 is 35.0 Å². The summed E-state index contributed by atoms with van der Waals surface area (Å²) in [6.45, 7) is 0. The quantitative estimate of drug-likeness (QED) is 0.623. The highest BCUT2D eigenvalue weighted by molar-refractivity contribution is 7.99. The van der Waals surface area contributed by atoms with Crippen molar-refractivity contribution in [2.45, 2.75) is 15.9 Å². The van der Waals surface area contributed by atoms with E-state index in [4.69, 9.17) is 27.9 Å². The van der Waals surface area contributed by atoms with Gasteiger partial charge in [0.05, 0.1) is 7.11 Å². The Balaban J connectivity index is 1.79. The van der Waals surface area contributed by atoms with Gasteiger partial charge in [0.1, 0.15) is 15.8 Å². The third kappa shape index (κ3) is 2.73. The van der Waals surface area contributed by atoms with Crippen LogP contribution in [0.3, 0.4) is 0 Å². The van der Waals surface area contributed by atoms with Gasteiger partial charge >= 0.3 is 0 Å². The maximum absolute atomic E-state index is 6.03. The molecule has 0 unspecified atom stereocenters. The molecule has 1 heterocycles. The Hall–Kier alpha value is -0.980. The summed E-state index contributed by atoms with van der Waals surface area (Å²) in [7, 11) is 1.62. The van der Waals surface area contributed by atoms with Crippen molar-refractivity contribution in [3.8, 4) is 11.4 Å². The molecule has 5 nitrogen and oxygen atoms in total. The predicted octanol–water partition coefficient (Wildman–Crippen LogP) is 2.96. The van der Waals surface area contributed by atoms with Crippen LogP contribution in [0.25, 0.3) is 5.69 Å². The molecule has 1 aromatic carbocycles. The minimum atomic E-state index is -0.574. The normalized spacial score (nSPS) is 19.9. The average Bonchev–Trinajstić information content (AvgIpc) is 2.87. The van der Waals surface area contributed by atoms with Crippen LogP contribution in [0.2, 0.25) is 0 Å². The van der Waals surface area contributed by atoms with E-state index >= 15 is 0 Å². The first-order chi connectivity index (χ1) is 9.62. The van der Waals surface area contributed by atoms with Gasteiger partial charge in [-0.3, -0.25) is 0 Å². The van der Waals surface area contributed by atoms with E-state index in [2.05, 4.69) is 15.5 Å². The lowest BCUT2D eigenvalue weighted by molar-refractivity contribution is 0.410. The van der Waals surface area contributed by atoms with E-state index in [-0.39, 0.29) is 0 Å². The van der Waals surface area contributed by atoms with Crippen LogP contribution in [-0.2, 0) is 0 Å². The molecule has 1 fully saturated rings.